The first kappa shape index (κ1) is 16.6. The SMILES string of the molecule is C=Cc1cc2c3c(c1OC(C)=O)CCCN3CCC2C.CC. The lowest BCUT2D eigenvalue weighted by Crippen LogP contribution is -2.35. The smallest absolute Gasteiger partial charge is 0.308 e. The van der Waals surface area contributed by atoms with E-state index >= 15 is 0 Å². The minimum atomic E-state index is -0.259. The summed E-state index contributed by atoms with van der Waals surface area (Å²) in [6.45, 7) is 13.8. The van der Waals surface area contributed by atoms with E-state index in [0.29, 0.717) is 5.92 Å². The van der Waals surface area contributed by atoms with Gasteiger partial charge in [-0.3, -0.25) is 4.79 Å². The van der Waals surface area contributed by atoms with Gasteiger partial charge in [-0.2, -0.15) is 0 Å². The predicted molar refractivity (Wildman–Crippen MR) is 92.8 cm³/mol. The molecule has 0 aromatic heterocycles. The van der Waals surface area contributed by atoms with E-state index in [0.717, 1.165) is 37.2 Å². The molecule has 0 amide bonds. The van der Waals surface area contributed by atoms with E-state index < -0.39 is 0 Å². The Morgan fingerprint density at radius 2 is 2.14 bits per heavy atom. The molecule has 0 N–H and O–H groups in total. The number of benzene rings is 1. The van der Waals surface area contributed by atoms with Gasteiger partial charge in [-0.25, -0.2) is 0 Å². The number of nitrogens with zero attached hydrogens (tertiary/aromatic N) is 1. The van der Waals surface area contributed by atoms with Crippen LogP contribution >= 0.6 is 0 Å². The molecule has 3 heteroatoms. The van der Waals surface area contributed by atoms with Crippen molar-refractivity contribution in [3.05, 3.63) is 29.3 Å². The Morgan fingerprint density at radius 1 is 1.41 bits per heavy atom. The molecule has 0 bridgehead atoms. The second-order valence-electron chi connectivity index (χ2n) is 5.79. The maximum atomic E-state index is 11.4. The van der Waals surface area contributed by atoms with Gasteiger partial charge in [0, 0.05) is 36.8 Å². The highest BCUT2D eigenvalue weighted by Crippen LogP contribution is 2.46. The van der Waals surface area contributed by atoms with Crippen LogP contribution in [-0.4, -0.2) is 19.1 Å². The van der Waals surface area contributed by atoms with E-state index in [1.807, 2.05) is 13.8 Å². The van der Waals surface area contributed by atoms with E-state index in [1.165, 1.54) is 30.2 Å². The topological polar surface area (TPSA) is 29.5 Å². The van der Waals surface area contributed by atoms with E-state index in [4.69, 9.17) is 4.74 Å². The highest BCUT2D eigenvalue weighted by Gasteiger charge is 2.31. The summed E-state index contributed by atoms with van der Waals surface area (Å²) in [5.41, 5.74) is 4.85. The van der Waals surface area contributed by atoms with Gasteiger partial charge in [0.1, 0.15) is 5.75 Å². The van der Waals surface area contributed by atoms with Crippen LogP contribution in [0.2, 0.25) is 0 Å². The van der Waals surface area contributed by atoms with Crippen LogP contribution in [0.3, 0.4) is 0 Å². The van der Waals surface area contributed by atoms with E-state index in [1.54, 1.807) is 6.08 Å². The van der Waals surface area contributed by atoms with Crippen molar-refractivity contribution in [1.82, 2.24) is 0 Å². The molecule has 0 aliphatic carbocycles. The average Bonchev–Trinajstić information content (AvgIpc) is 2.53. The highest BCUT2D eigenvalue weighted by molar-refractivity contribution is 5.79. The monoisotopic (exact) mass is 301 g/mol. The number of carbonyl (C=O) groups is 1. The van der Waals surface area contributed by atoms with Gasteiger partial charge in [0.05, 0.1) is 0 Å². The van der Waals surface area contributed by atoms with Crippen molar-refractivity contribution in [2.45, 2.75) is 52.9 Å². The van der Waals surface area contributed by atoms with Gasteiger partial charge in [0.25, 0.3) is 0 Å². The van der Waals surface area contributed by atoms with Crippen LogP contribution in [-0.2, 0) is 11.2 Å². The minimum Gasteiger partial charge on any atom is -0.426 e. The molecule has 3 nitrogen and oxygen atoms in total. The molecule has 1 aromatic carbocycles. The average molecular weight is 301 g/mol. The number of hydrogen-bond donors (Lipinski definition) is 0. The third-order valence-corrected chi connectivity index (χ3v) is 4.41. The zero-order valence-electron chi connectivity index (χ0n) is 14.2. The lowest BCUT2D eigenvalue weighted by molar-refractivity contribution is -0.131. The van der Waals surface area contributed by atoms with Crippen LogP contribution in [0.4, 0.5) is 5.69 Å². The standard InChI is InChI=1S/C17H21NO2.C2H6/c1-4-13-10-15-11(2)7-9-18-8-5-6-14(16(15)18)17(13)20-12(3)19;1-2/h4,10-11H,1,5-9H2,2-3H3;1-2H3. The molecule has 120 valence electrons. The fraction of sp³-hybridized carbons (Fsp3) is 0.526. The molecule has 1 unspecified atom stereocenters. The summed E-state index contributed by atoms with van der Waals surface area (Å²) in [5.74, 6) is 1.03. The summed E-state index contributed by atoms with van der Waals surface area (Å²) in [6, 6.07) is 2.16. The second-order valence-corrected chi connectivity index (χ2v) is 5.79. The van der Waals surface area contributed by atoms with Crippen LogP contribution in [0.1, 0.15) is 63.1 Å². The molecule has 3 rings (SSSR count). The van der Waals surface area contributed by atoms with Crippen molar-refractivity contribution < 1.29 is 9.53 Å². The number of esters is 1. The zero-order chi connectivity index (χ0) is 16.3. The molecule has 1 aromatic rings. The Balaban J connectivity index is 0.000000847. The van der Waals surface area contributed by atoms with Crippen molar-refractivity contribution in [3.8, 4) is 5.75 Å². The molecule has 0 spiro atoms. The molecule has 2 aliphatic rings. The Bertz CT molecular complexity index is 577. The molecule has 22 heavy (non-hydrogen) atoms. The summed E-state index contributed by atoms with van der Waals surface area (Å²) < 4.78 is 5.50. The quantitative estimate of drug-likeness (QED) is 0.593. The Morgan fingerprint density at radius 3 is 2.77 bits per heavy atom. The largest absolute Gasteiger partial charge is 0.426 e. The molecule has 0 saturated carbocycles. The van der Waals surface area contributed by atoms with Crippen molar-refractivity contribution >= 4 is 17.7 Å². The van der Waals surface area contributed by atoms with Crippen LogP contribution < -0.4 is 9.64 Å². The number of hydrogen-bond acceptors (Lipinski definition) is 3. The van der Waals surface area contributed by atoms with Crippen LogP contribution in [0, 0.1) is 0 Å². The number of ether oxygens (including phenoxy) is 1. The number of anilines is 1. The van der Waals surface area contributed by atoms with Gasteiger partial charge in [0.2, 0.25) is 0 Å². The summed E-state index contributed by atoms with van der Waals surface area (Å²) in [5, 5.41) is 0. The Kier molecular flexibility index (Phi) is 5.28. The van der Waals surface area contributed by atoms with Crippen LogP contribution in [0.5, 0.6) is 5.75 Å². The maximum absolute atomic E-state index is 11.4. The summed E-state index contributed by atoms with van der Waals surface area (Å²) in [4.78, 5) is 13.9. The fourth-order valence-electron chi connectivity index (χ4n) is 3.44. The first-order valence-electron chi connectivity index (χ1n) is 8.37. The number of carbonyl (C=O) groups excluding carboxylic acids is 1. The van der Waals surface area contributed by atoms with Crippen molar-refractivity contribution in [1.29, 1.82) is 0 Å². The summed E-state index contributed by atoms with van der Waals surface area (Å²) >= 11 is 0. The first-order chi connectivity index (χ1) is 10.6. The van der Waals surface area contributed by atoms with Gasteiger partial charge in [-0.15, -0.1) is 0 Å². The lowest BCUT2D eigenvalue weighted by Gasteiger charge is -2.40. The molecule has 0 saturated heterocycles. The molecular weight excluding hydrogens is 274 g/mol. The van der Waals surface area contributed by atoms with Crippen molar-refractivity contribution in [2.75, 3.05) is 18.0 Å². The fourth-order valence-corrected chi connectivity index (χ4v) is 3.44. The maximum Gasteiger partial charge on any atom is 0.308 e. The highest BCUT2D eigenvalue weighted by atomic mass is 16.5. The predicted octanol–water partition coefficient (Wildman–Crippen LogP) is 4.54. The third-order valence-electron chi connectivity index (χ3n) is 4.41. The Hall–Kier alpha value is -1.77. The molecule has 1 atom stereocenters. The summed E-state index contributed by atoms with van der Waals surface area (Å²) in [6.07, 6.45) is 5.09. The van der Waals surface area contributed by atoms with Crippen LogP contribution in [0.15, 0.2) is 12.6 Å². The summed E-state index contributed by atoms with van der Waals surface area (Å²) in [7, 11) is 0. The van der Waals surface area contributed by atoms with Gasteiger partial charge >= 0.3 is 5.97 Å². The van der Waals surface area contributed by atoms with Gasteiger partial charge in [0.15, 0.2) is 0 Å². The third kappa shape index (κ3) is 2.90. The first-order valence-corrected chi connectivity index (χ1v) is 8.37. The molecule has 2 heterocycles. The molecule has 0 fully saturated rings. The van der Waals surface area contributed by atoms with Gasteiger partial charge in [-0.1, -0.05) is 33.4 Å². The second kappa shape index (κ2) is 6.99. The van der Waals surface area contributed by atoms with Crippen molar-refractivity contribution in [3.63, 3.8) is 0 Å². The normalized spacial score (nSPS) is 18.7. The van der Waals surface area contributed by atoms with Crippen LogP contribution in [0.25, 0.3) is 6.08 Å². The lowest BCUT2D eigenvalue weighted by atomic mass is 9.84. The van der Waals surface area contributed by atoms with Crippen molar-refractivity contribution in [2.24, 2.45) is 0 Å². The van der Waals surface area contributed by atoms with E-state index in [9.17, 15) is 4.79 Å². The Labute approximate surface area is 134 Å². The van der Waals surface area contributed by atoms with E-state index in [2.05, 4.69) is 24.5 Å². The zero-order valence-corrected chi connectivity index (χ0v) is 14.2. The minimum absolute atomic E-state index is 0.259. The van der Waals surface area contributed by atoms with Gasteiger partial charge in [-0.05, 0) is 36.8 Å². The van der Waals surface area contributed by atoms with Gasteiger partial charge < -0.3 is 9.64 Å². The molecule has 2 aliphatic heterocycles. The van der Waals surface area contributed by atoms with E-state index in [-0.39, 0.29) is 5.97 Å². The molecular formula is C19H27NO2. The molecule has 0 radical (unpaired) electrons. The number of rotatable bonds is 2.